The molecule has 1 N–H and O–H groups in total. The van der Waals surface area contributed by atoms with Crippen LogP contribution in [0.2, 0.25) is 0 Å². The van der Waals surface area contributed by atoms with Crippen LogP contribution in [0.1, 0.15) is 19.8 Å². The minimum absolute atomic E-state index is 0.0398. The zero-order valence-electron chi connectivity index (χ0n) is 12.9. The van der Waals surface area contributed by atoms with Crippen LogP contribution >= 0.6 is 0 Å². The van der Waals surface area contributed by atoms with Crippen molar-refractivity contribution in [1.82, 2.24) is 4.90 Å². The molecule has 1 aromatic rings. The lowest BCUT2D eigenvalue weighted by atomic mass is 10.2. The molecule has 1 saturated heterocycles. The molecule has 1 aromatic carbocycles. The first kappa shape index (κ1) is 17.8. The van der Waals surface area contributed by atoms with Crippen LogP contribution in [0, 0.1) is 11.6 Å². The molecule has 1 heterocycles. The Kier molecular flexibility index (Phi) is 5.69. The molecule has 1 amide bonds. The van der Waals surface area contributed by atoms with Crippen LogP contribution in [-0.2, 0) is 14.6 Å². The first-order valence-electron chi connectivity index (χ1n) is 7.50. The highest BCUT2D eigenvalue weighted by atomic mass is 32.2. The van der Waals surface area contributed by atoms with Crippen LogP contribution in [0.25, 0.3) is 0 Å². The van der Waals surface area contributed by atoms with Gasteiger partial charge in [-0.15, -0.1) is 0 Å². The maximum absolute atomic E-state index is 13.5. The Bertz CT molecular complexity index is 659. The number of nitrogens with one attached hydrogen (secondary N) is 1. The Labute approximate surface area is 134 Å². The van der Waals surface area contributed by atoms with E-state index in [1.54, 1.807) is 0 Å². The number of hydrogen-bond donors (Lipinski definition) is 1. The van der Waals surface area contributed by atoms with E-state index >= 15 is 0 Å². The van der Waals surface area contributed by atoms with Crippen LogP contribution in [0.15, 0.2) is 18.2 Å². The number of anilines is 1. The Hall–Kier alpha value is -1.54. The predicted molar refractivity (Wildman–Crippen MR) is 83.9 cm³/mol. The third-order valence-electron chi connectivity index (χ3n) is 3.98. The minimum Gasteiger partial charge on any atom is -0.321 e. The fourth-order valence-electron chi connectivity index (χ4n) is 2.73. The van der Waals surface area contributed by atoms with Crippen molar-refractivity contribution in [1.29, 1.82) is 0 Å². The van der Waals surface area contributed by atoms with Crippen molar-refractivity contribution in [2.24, 2.45) is 0 Å². The Balaban J connectivity index is 1.90. The number of halogens is 2. The average Bonchev–Trinajstić information content (AvgIpc) is 2.84. The van der Waals surface area contributed by atoms with Crippen molar-refractivity contribution in [2.75, 3.05) is 29.9 Å². The number of sulfone groups is 1. The van der Waals surface area contributed by atoms with Crippen molar-refractivity contribution in [3.05, 3.63) is 29.8 Å². The largest absolute Gasteiger partial charge is 0.321 e. The lowest BCUT2D eigenvalue weighted by Crippen LogP contribution is -2.38. The third-order valence-corrected chi connectivity index (χ3v) is 5.73. The van der Waals surface area contributed by atoms with E-state index in [0.717, 1.165) is 12.1 Å². The lowest BCUT2D eigenvalue weighted by Gasteiger charge is -2.26. The van der Waals surface area contributed by atoms with Gasteiger partial charge in [0.15, 0.2) is 9.84 Å². The molecule has 0 aliphatic carbocycles. The number of nitrogens with zero attached hydrogens (tertiary/aromatic N) is 1. The summed E-state index contributed by atoms with van der Waals surface area (Å²) in [5.74, 6) is -1.89. The summed E-state index contributed by atoms with van der Waals surface area (Å²) in [5.41, 5.74) is -0.455. The van der Waals surface area contributed by atoms with E-state index in [4.69, 9.17) is 0 Å². The number of hydrogen-bond acceptors (Lipinski definition) is 4. The molecule has 1 aliphatic rings. The number of para-hydroxylation sites is 1. The number of carbonyl (C=O) groups is 1. The summed E-state index contributed by atoms with van der Waals surface area (Å²) in [6.07, 6.45) is 0.595. The summed E-state index contributed by atoms with van der Waals surface area (Å²) >= 11 is 0. The summed E-state index contributed by atoms with van der Waals surface area (Å²) in [6.45, 7) is 2.85. The van der Waals surface area contributed by atoms with E-state index in [2.05, 4.69) is 5.32 Å². The van der Waals surface area contributed by atoms with Gasteiger partial charge in [0.1, 0.15) is 17.3 Å². The predicted octanol–water partition coefficient (Wildman–Crippen LogP) is 1.80. The molecule has 1 unspecified atom stereocenters. The van der Waals surface area contributed by atoms with E-state index in [-0.39, 0.29) is 24.0 Å². The molecule has 1 fully saturated rings. The molecule has 23 heavy (non-hydrogen) atoms. The number of rotatable bonds is 6. The highest BCUT2D eigenvalue weighted by Gasteiger charge is 2.31. The molecule has 0 bridgehead atoms. The van der Waals surface area contributed by atoms with Gasteiger partial charge in [-0.2, -0.15) is 0 Å². The summed E-state index contributed by atoms with van der Waals surface area (Å²) in [7, 11) is -2.99. The topological polar surface area (TPSA) is 66.5 Å². The maximum atomic E-state index is 13.5. The van der Waals surface area contributed by atoms with Crippen molar-refractivity contribution in [3.63, 3.8) is 0 Å². The SMILES string of the molecule is CCN(CCC(=O)Nc1c(F)cccc1F)C1CCS(=O)(=O)C1. The van der Waals surface area contributed by atoms with Gasteiger partial charge in [0.05, 0.1) is 11.5 Å². The molecule has 2 rings (SSSR count). The van der Waals surface area contributed by atoms with Crippen LogP contribution < -0.4 is 5.32 Å². The van der Waals surface area contributed by atoms with Crippen molar-refractivity contribution < 1.29 is 22.0 Å². The number of amides is 1. The second-order valence-electron chi connectivity index (χ2n) is 5.58. The van der Waals surface area contributed by atoms with Crippen LogP contribution in [0.3, 0.4) is 0 Å². The van der Waals surface area contributed by atoms with Gasteiger partial charge in [0.2, 0.25) is 5.91 Å². The van der Waals surface area contributed by atoms with Crippen molar-refractivity contribution >= 4 is 21.4 Å². The van der Waals surface area contributed by atoms with Gasteiger partial charge >= 0.3 is 0 Å². The van der Waals surface area contributed by atoms with Crippen LogP contribution in [0.4, 0.5) is 14.5 Å². The molecule has 0 aromatic heterocycles. The third kappa shape index (κ3) is 4.71. The fourth-order valence-corrected chi connectivity index (χ4v) is 4.49. The van der Waals surface area contributed by atoms with Crippen molar-refractivity contribution in [2.45, 2.75) is 25.8 Å². The Morgan fingerprint density at radius 1 is 1.35 bits per heavy atom. The van der Waals surface area contributed by atoms with Gasteiger partial charge in [-0.1, -0.05) is 13.0 Å². The molecule has 0 saturated carbocycles. The molecule has 1 aliphatic heterocycles. The summed E-state index contributed by atoms with van der Waals surface area (Å²) < 4.78 is 50.0. The standard InChI is InChI=1S/C15H20F2N2O3S/c1-2-19(11-7-9-23(21,22)10-11)8-6-14(20)18-15-12(16)4-3-5-13(15)17/h3-5,11H,2,6-10H2,1H3,(H,18,20). The highest BCUT2D eigenvalue weighted by molar-refractivity contribution is 7.91. The normalized spacial score (nSPS) is 19.9. The molecule has 1 atom stereocenters. The van der Waals surface area contributed by atoms with Gasteiger partial charge in [-0.05, 0) is 25.1 Å². The van der Waals surface area contributed by atoms with Gasteiger partial charge in [0, 0.05) is 19.0 Å². The summed E-state index contributed by atoms with van der Waals surface area (Å²) in [5, 5.41) is 2.23. The first-order valence-corrected chi connectivity index (χ1v) is 9.33. The lowest BCUT2D eigenvalue weighted by molar-refractivity contribution is -0.116. The zero-order valence-corrected chi connectivity index (χ0v) is 13.7. The van der Waals surface area contributed by atoms with E-state index in [0.29, 0.717) is 19.5 Å². The summed E-state index contributed by atoms with van der Waals surface area (Å²) in [6, 6.07) is 3.27. The zero-order chi connectivity index (χ0) is 17.0. The quantitative estimate of drug-likeness (QED) is 0.853. The van der Waals surface area contributed by atoms with E-state index < -0.39 is 33.1 Å². The van der Waals surface area contributed by atoms with E-state index in [1.807, 2.05) is 11.8 Å². The molecule has 8 heteroatoms. The monoisotopic (exact) mass is 346 g/mol. The van der Waals surface area contributed by atoms with Crippen molar-refractivity contribution in [3.8, 4) is 0 Å². The smallest absolute Gasteiger partial charge is 0.225 e. The van der Waals surface area contributed by atoms with Crippen LogP contribution in [0.5, 0.6) is 0 Å². The van der Waals surface area contributed by atoms with E-state index in [1.165, 1.54) is 6.07 Å². The molecule has 128 valence electrons. The summed E-state index contributed by atoms with van der Waals surface area (Å²) in [4.78, 5) is 13.8. The highest BCUT2D eigenvalue weighted by Crippen LogP contribution is 2.20. The van der Waals surface area contributed by atoms with E-state index in [9.17, 15) is 22.0 Å². The Morgan fingerprint density at radius 2 is 2.00 bits per heavy atom. The van der Waals surface area contributed by atoms with Crippen LogP contribution in [-0.4, -0.2) is 49.9 Å². The maximum Gasteiger partial charge on any atom is 0.225 e. The molecule has 0 spiro atoms. The molecular formula is C15H20F2N2O3S. The second-order valence-corrected chi connectivity index (χ2v) is 7.81. The van der Waals surface area contributed by atoms with Gasteiger partial charge < -0.3 is 5.32 Å². The molecule has 0 radical (unpaired) electrons. The van der Waals surface area contributed by atoms with Gasteiger partial charge in [-0.3, -0.25) is 9.69 Å². The van der Waals surface area contributed by atoms with Gasteiger partial charge in [0.25, 0.3) is 0 Å². The molecular weight excluding hydrogens is 326 g/mol. The second kappa shape index (κ2) is 7.35. The molecule has 5 nitrogen and oxygen atoms in total. The van der Waals surface area contributed by atoms with Gasteiger partial charge in [-0.25, -0.2) is 17.2 Å². The number of benzene rings is 1. The number of carbonyl (C=O) groups excluding carboxylic acids is 1. The fraction of sp³-hybridized carbons (Fsp3) is 0.533. The first-order chi connectivity index (χ1) is 10.8. The average molecular weight is 346 g/mol. The minimum atomic E-state index is -2.99. The Morgan fingerprint density at radius 3 is 2.52 bits per heavy atom.